The predicted molar refractivity (Wildman–Crippen MR) is 58.0 cm³/mol. The molecular formula is C9H7N5OS. The number of anilines is 2. The average Bonchev–Trinajstić information content (AvgIpc) is 2.35. The number of aromatic nitrogens is 4. The highest BCUT2D eigenvalue weighted by Gasteiger charge is 2.18. The lowest BCUT2D eigenvalue weighted by Gasteiger charge is -2.17. The zero-order chi connectivity index (χ0) is 11.0. The number of hydrogen-bond acceptors (Lipinski definition) is 7. The Balaban J connectivity index is 2.05. The summed E-state index contributed by atoms with van der Waals surface area (Å²) in [7, 11) is 1.57. The van der Waals surface area contributed by atoms with Gasteiger partial charge in [-0.25, -0.2) is 0 Å². The summed E-state index contributed by atoms with van der Waals surface area (Å²) < 4.78 is 5.03. The molecule has 0 bridgehead atoms. The maximum Gasteiger partial charge on any atom is 0.234 e. The number of fused-ring (bicyclic) bond motifs is 2. The lowest BCUT2D eigenvalue weighted by Crippen LogP contribution is -2.05. The summed E-state index contributed by atoms with van der Waals surface area (Å²) in [6.45, 7) is 0. The molecule has 0 saturated carbocycles. The van der Waals surface area contributed by atoms with Gasteiger partial charge in [0.1, 0.15) is 0 Å². The van der Waals surface area contributed by atoms with Gasteiger partial charge >= 0.3 is 0 Å². The van der Waals surface area contributed by atoms with Crippen LogP contribution in [0.1, 0.15) is 0 Å². The zero-order valence-corrected chi connectivity index (χ0v) is 9.15. The molecule has 0 fully saturated rings. The van der Waals surface area contributed by atoms with Crippen molar-refractivity contribution in [3.05, 3.63) is 18.5 Å². The number of nitrogens with zero attached hydrogens (tertiary/aromatic N) is 4. The lowest BCUT2D eigenvalue weighted by molar-refractivity contribution is 0.390. The third-order valence-electron chi connectivity index (χ3n) is 2.11. The molecule has 7 heteroatoms. The monoisotopic (exact) mass is 233 g/mol. The van der Waals surface area contributed by atoms with Crippen molar-refractivity contribution < 1.29 is 4.74 Å². The smallest absolute Gasteiger partial charge is 0.234 e. The van der Waals surface area contributed by atoms with Crippen molar-refractivity contribution in [2.24, 2.45) is 0 Å². The molecule has 0 spiro atoms. The van der Waals surface area contributed by atoms with Crippen molar-refractivity contribution in [1.29, 1.82) is 0 Å². The lowest BCUT2D eigenvalue weighted by atomic mass is 10.4. The van der Waals surface area contributed by atoms with E-state index in [1.807, 2.05) is 6.07 Å². The van der Waals surface area contributed by atoms with Gasteiger partial charge in [0.05, 0.1) is 35.0 Å². The van der Waals surface area contributed by atoms with E-state index < -0.39 is 0 Å². The van der Waals surface area contributed by atoms with Gasteiger partial charge in [-0.3, -0.25) is 0 Å². The van der Waals surface area contributed by atoms with Gasteiger partial charge in [0, 0.05) is 6.07 Å². The van der Waals surface area contributed by atoms with Crippen molar-refractivity contribution in [2.75, 3.05) is 12.4 Å². The molecule has 0 unspecified atom stereocenters. The van der Waals surface area contributed by atoms with E-state index in [0.29, 0.717) is 11.7 Å². The summed E-state index contributed by atoms with van der Waals surface area (Å²) in [6.07, 6.45) is 3.38. The Hall–Kier alpha value is -1.89. The first kappa shape index (κ1) is 9.34. The third-order valence-corrected chi connectivity index (χ3v) is 3.19. The number of rotatable bonds is 1. The molecule has 2 aromatic heterocycles. The fourth-order valence-corrected chi connectivity index (χ4v) is 2.25. The minimum atomic E-state index is 0.499. The summed E-state index contributed by atoms with van der Waals surface area (Å²) in [5.74, 6) is 1.21. The number of methoxy groups -OCH3 is 1. The minimum absolute atomic E-state index is 0.499. The van der Waals surface area contributed by atoms with Gasteiger partial charge in [0.15, 0.2) is 5.82 Å². The first-order valence-electron chi connectivity index (χ1n) is 4.54. The van der Waals surface area contributed by atoms with Crippen LogP contribution in [0.25, 0.3) is 0 Å². The van der Waals surface area contributed by atoms with Crippen molar-refractivity contribution in [2.45, 2.75) is 9.79 Å². The molecule has 16 heavy (non-hydrogen) atoms. The Bertz CT molecular complexity index is 547. The fraction of sp³-hybridized carbons (Fsp3) is 0.111. The molecule has 6 nitrogen and oxygen atoms in total. The standard InChI is InChI=1S/C9H7N5OS/c1-15-8-2-6-9(14-13-8)12-5-3-10-11-4-7(5)16-6/h2-4H,1H3,(H,12,14). The van der Waals surface area contributed by atoms with E-state index in [1.165, 1.54) is 0 Å². The second kappa shape index (κ2) is 3.60. The van der Waals surface area contributed by atoms with E-state index in [0.717, 1.165) is 15.5 Å². The Morgan fingerprint density at radius 3 is 2.94 bits per heavy atom. The van der Waals surface area contributed by atoms with E-state index in [9.17, 15) is 0 Å². The molecule has 0 atom stereocenters. The van der Waals surface area contributed by atoms with Gasteiger partial charge in [-0.05, 0) is 0 Å². The summed E-state index contributed by atoms with van der Waals surface area (Å²) in [4.78, 5) is 1.98. The SMILES string of the molecule is COc1cc2c(nn1)Nc1cnncc1S2. The first-order valence-corrected chi connectivity index (χ1v) is 5.36. The van der Waals surface area contributed by atoms with E-state index in [1.54, 1.807) is 31.3 Å². The van der Waals surface area contributed by atoms with Crippen LogP contribution in [0.3, 0.4) is 0 Å². The molecule has 2 aromatic rings. The molecule has 1 aliphatic rings. The number of ether oxygens (including phenoxy) is 1. The van der Waals surface area contributed by atoms with Gasteiger partial charge < -0.3 is 10.1 Å². The van der Waals surface area contributed by atoms with Crippen LogP contribution in [0, 0.1) is 0 Å². The molecule has 1 aliphatic heterocycles. The van der Waals surface area contributed by atoms with Gasteiger partial charge in [-0.2, -0.15) is 10.2 Å². The predicted octanol–water partition coefficient (Wildman–Crippen LogP) is 1.48. The highest BCUT2D eigenvalue weighted by molar-refractivity contribution is 7.99. The molecule has 0 amide bonds. The zero-order valence-electron chi connectivity index (χ0n) is 8.34. The van der Waals surface area contributed by atoms with Gasteiger partial charge in [0.25, 0.3) is 0 Å². The summed E-state index contributed by atoms with van der Waals surface area (Å²) in [6, 6.07) is 1.84. The molecule has 3 heterocycles. The van der Waals surface area contributed by atoms with Crippen LogP contribution in [-0.4, -0.2) is 27.5 Å². The topological polar surface area (TPSA) is 72.8 Å². The Labute approximate surface area is 95.4 Å². The van der Waals surface area contributed by atoms with Crippen LogP contribution >= 0.6 is 11.8 Å². The molecule has 80 valence electrons. The Morgan fingerprint density at radius 1 is 1.19 bits per heavy atom. The van der Waals surface area contributed by atoms with E-state index >= 15 is 0 Å². The summed E-state index contributed by atoms with van der Waals surface area (Å²) in [5, 5.41) is 18.7. The quantitative estimate of drug-likeness (QED) is 0.682. The van der Waals surface area contributed by atoms with Crippen molar-refractivity contribution in [3.63, 3.8) is 0 Å². The second-order valence-electron chi connectivity index (χ2n) is 3.09. The normalized spacial score (nSPS) is 12.3. The van der Waals surface area contributed by atoms with Crippen molar-refractivity contribution >= 4 is 23.3 Å². The highest BCUT2D eigenvalue weighted by Crippen LogP contribution is 2.42. The van der Waals surface area contributed by atoms with Gasteiger partial charge in [-0.15, -0.1) is 10.2 Å². The molecule has 0 saturated heterocycles. The first-order chi connectivity index (χ1) is 7.86. The van der Waals surface area contributed by atoms with Crippen LogP contribution in [0.4, 0.5) is 11.5 Å². The molecule has 3 rings (SSSR count). The fourth-order valence-electron chi connectivity index (χ4n) is 1.35. The van der Waals surface area contributed by atoms with E-state index in [-0.39, 0.29) is 0 Å². The summed E-state index contributed by atoms with van der Waals surface area (Å²) >= 11 is 1.56. The van der Waals surface area contributed by atoms with Crippen LogP contribution < -0.4 is 10.1 Å². The van der Waals surface area contributed by atoms with Crippen molar-refractivity contribution in [3.8, 4) is 5.88 Å². The maximum atomic E-state index is 5.03. The van der Waals surface area contributed by atoms with E-state index in [4.69, 9.17) is 4.74 Å². The van der Waals surface area contributed by atoms with Crippen LogP contribution in [-0.2, 0) is 0 Å². The van der Waals surface area contributed by atoms with E-state index in [2.05, 4.69) is 25.7 Å². The van der Waals surface area contributed by atoms with Crippen LogP contribution in [0.15, 0.2) is 28.3 Å². The number of hydrogen-bond donors (Lipinski definition) is 1. The molecule has 0 aliphatic carbocycles. The maximum absolute atomic E-state index is 5.03. The summed E-state index contributed by atoms with van der Waals surface area (Å²) in [5.41, 5.74) is 0.895. The second-order valence-corrected chi connectivity index (χ2v) is 4.18. The third kappa shape index (κ3) is 1.45. The largest absolute Gasteiger partial charge is 0.480 e. The Kier molecular flexibility index (Phi) is 2.10. The average molecular weight is 233 g/mol. The minimum Gasteiger partial charge on any atom is -0.480 e. The number of nitrogens with one attached hydrogen (secondary N) is 1. The van der Waals surface area contributed by atoms with Crippen molar-refractivity contribution in [1.82, 2.24) is 20.4 Å². The molecular weight excluding hydrogens is 226 g/mol. The molecule has 1 N–H and O–H groups in total. The molecule has 0 aromatic carbocycles. The highest BCUT2D eigenvalue weighted by atomic mass is 32.2. The van der Waals surface area contributed by atoms with Gasteiger partial charge in [-0.1, -0.05) is 11.8 Å². The Morgan fingerprint density at radius 2 is 2.06 bits per heavy atom. The molecule has 0 radical (unpaired) electrons. The van der Waals surface area contributed by atoms with Crippen LogP contribution in [0.2, 0.25) is 0 Å². The van der Waals surface area contributed by atoms with Crippen LogP contribution in [0.5, 0.6) is 5.88 Å². The van der Waals surface area contributed by atoms with Gasteiger partial charge in [0.2, 0.25) is 5.88 Å².